The summed E-state index contributed by atoms with van der Waals surface area (Å²) in [7, 11) is 0. The molecule has 0 aromatic carbocycles. The van der Waals surface area contributed by atoms with Gasteiger partial charge in [0.25, 0.3) is 0 Å². The molecule has 0 spiro atoms. The Morgan fingerprint density at radius 2 is 2.25 bits per heavy atom. The molecule has 0 atom stereocenters. The first kappa shape index (κ1) is 6.08. The van der Waals surface area contributed by atoms with Crippen molar-refractivity contribution in [3.05, 3.63) is 0 Å². The van der Waals surface area contributed by atoms with Crippen LogP contribution in [0.5, 0.6) is 0 Å². The molecule has 1 fully saturated rings. The van der Waals surface area contributed by atoms with E-state index in [1.807, 2.05) is 0 Å². The standard InChI is InChI=1S/C5H7BrO2/c6-5(7)8-4-2-1-3-4/h4H,1-3H2. The molecule has 0 aromatic rings. The Balaban J connectivity index is 2.09. The van der Waals surface area contributed by atoms with Crippen LogP contribution in [0.15, 0.2) is 0 Å². The summed E-state index contributed by atoms with van der Waals surface area (Å²) in [5.41, 5.74) is 0. The Morgan fingerprint density at radius 1 is 1.62 bits per heavy atom. The van der Waals surface area contributed by atoms with Crippen LogP contribution in [0.3, 0.4) is 0 Å². The van der Waals surface area contributed by atoms with Gasteiger partial charge in [0.15, 0.2) is 0 Å². The highest BCUT2D eigenvalue weighted by Crippen LogP contribution is 2.22. The van der Waals surface area contributed by atoms with E-state index in [9.17, 15) is 4.79 Å². The minimum atomic E-state index is -0.331. The van der Waals surface area contributed by atoms with Gasteiger partial charge in [-0.15, -0.1) is 0 Å². The Hall–Kier alpha value is -0.0500. The molecule has 1 saturated carbocycles. The smallest absolute Gasteiger partial charge is 0.374 e. The summed E-state index contributed by atoms with van der Waals surface area (Å²) in [6, 6.07) is 0. The van der Waals surface area contributed by atoms with E-state index >= 15 is 0 Å². The Kier molecular flexibility index (Phi) is 1.89. The van der Waals surface area contributed by atoms with Gasteiger partial charge in [-0.25, -0.2) is 4.79 Å². The molecule has 0 saturated heterocycles. The minimum absolute atomic E-state index is 0.210. The summed E-state index contributed by atoms with van der Waals surface area (Å²) in [4.78, 5) is 9.81. The van der Waals surface area contributed by atoms with E-state index in [1.165, 1.54) is 6.42 Å². The van der Waals surface area contributed by atoms with Gasteiger partial charge in [-0.05, 0) is 19.3 Å². The summed E-state index contributed by atoms with van der Waals surface area (Å²) in [5, 5.41) is 0. The van der Waals surface area contributed by atoms with Crippen LogP contribution >= 0.6 is 15.9 Å². The summed E-state index contributed by atoms with van der Waals surface area (Å²) < 4.78 is 4.76. The third kappa shape index (κ3) is 1.47. The highest BCUT2D eigenvalue weighted by atomic mass is 79.9. The lowest BCUT2D eigenvalue weighted by Gasteiger charge is -2.23. The normalized spacial score (nSPS) is 19.6. The number of halogens is 1. The number of carbonyl (C=O) groups is 1. The number of hydrogen-bond donors (Lipinski definition) is 0. The number of hydrogen-bond acceptors (Lipinski definition) is 2. The molecule has 1 rings (SSSR count). The molecule has 0 amide bonds. The maximum absolute atomic E-state index is 10.1. The Bertz CT molecular complexity index is 98.6. The lowest BCUT2D eigenvalue weighted by molar-refractivity contribution is 0.0726. The average Bonchev–Trinajstić information content (AvgIpc) is 1.55. The molecule has 0 bridgehead atoms. The van der Waals surface area contributed by atoms with Crippen molar-refractivity contribution in [3.63, 3.8) is 0 Å². The molecule has 46 valence electrons. The van der Waals surface area contributed by atoms with Crippen molar-refractivity contribution in [1.82, 2.24) is 0 Å². The van der Waals surface area contributed by atoms with Crippen molar-refractivity contribution >= 4 is 20.8 Å². The predicted octanol–water partition coefficient (Wildman–Crippen LogP) is 2.07. The van der Waals surface area contributed by atoms with Crippen molar-refractivity contribution in [2.45, 2.75) is 25.4 Å². The third-order valence-electron chi connectivity index (χ3n) is 1.31. The molecular formula is C5H7BrO2. The van der Waals surface area contributed by atoms with Crippen LogP contribution in [0, 0.1) is 0 Å². The van der Waals surface area contributed by atoms with Crippen LogP contribution in [0.1, 0.15) is 19.3 Å². The summed E-state index contributed by atoms with van der Waals surface area (Å²) >= 11 is 2.69. The van der Waals surface area contributed by atoms with Gasteiger partial charge >= 0.3 is 4.88 Å². The van der Waals surface area contributed by atoms with Crippen molar-refractivity contribution in [2.24, 2.45) is 0 Å². The Labute approximate surface area is 56.3 Å². The molecule has 0 aliphatic heterocycles. The van der Waals surface area contributed by atoms with Crippen molar-refractivity contribution in [2.75, 3.05) is 0 Å². The second-order valence-corrected chi connectivity index (χ2v) is 2.56. The van der Waals surface area contributed by atoms with Gasteiger partial charge in [-0.1, -0.05) is 0 Å². The summed E-state index contributed by atoms with van der Waals surface area (Å²) in [5.74, 6) is 0. The van der Waals surface area contributed by atoms with E-state index < -0.39 is 0 Å². The summed E-state index contributed by atoms with van der Waals surface area (Å²) in [6.45, 7) is 0. The largest absolute Gasteiger partial charge is 0.454 e. The van der Waals surface area contributed by atoms with Crippen molar-refractivity contribution in [1.29, 1.82) is 0 Å². The van der Waals surface area contributed by atoms with Crippen LogP contribution in [-0.2, 0) is 4.74 Å². The third-order valence-corrected chi connectivity index (χ3v) is 1.50. The molecule has 3 heteroatoms. The quantitative estimate of drug-likeness (QED) is 0.576. The molecular weight excluding hydrogens is 172 g/mol. The molecule has 2 nitrogen and oxygen atoms in total. The van der Waals surface area contributed by atoms with Gasteiger partial charge in [0.05, 0.1) is 0 Å². The van der Waals surface area contributed by atoms with Gasteiger partial charge in [0, 0.05) is 15.9 Å². The zero-order valence-electron chi connectivity index (χ0n) is 4.39. The second-order valence-electron chi connectivity index (χ2n) is 1.91. The van der Waals surface area contributed by atoms with Crippen molar-refractivity contribution in [3.8, 4) is 0 Å². The van der Waals surface area contributed by atoms with E-state index in [4.69, 9.17) is 4.74 Å². The molecule has 0 aromatic heterocycles. The van der Waals surface area contributed by atoms with Gasteiger partial charge < -0.3 is 4.74 Å². The number of ether oxygens (including phenoxy) is 1. The van der Waals surface area contributed by atoms with Gasteiger partial charge in [0.2, 0.25) is 0 Å². The maximum atomic E-state index is 10.1. The SMILES string of the molecule is O=C(Br)OC1CCC1. The van der Waals surface area contributed by atoms with Crippen LogP contribution in [0.25, 0.3) is 0 Å². The molecule has 8 heavy (non-hydrogen) atoms. The van der Waals surface area contributed by atoms with E-state index in [-0.39, 0.29) is 11.0 Å². The van der Waals surface area contributed by atoms with Gasteiger partial charge in [0.1, 0.15) is 6.10 Å². The zero-order valence-corrected chi connectivity index (χ0v) is 5.98. The van der Waals surface area contributed by atoms with E-state index in [2.05, 4.69) is 15.9 Å². The van der Waals surface area contributed by atoms with Crippen molar-refractivity contribution < 1.29 is 9.53 Å². The number of rotatable bonds is 1. The zero-order chi connectivity index (χ0) is 5.98. The fourth-order valence-corrected chi connectivity index (χ4v) is 0.884. The van der Waals surface area contributed by atoms with Crippen LogP contribution < -0.4 is 0 Å². The lowest BCUT2D eigenvalue weighted by atomic mass is 9.96. The molecule has 0 N–H and O–H groups in total. The van der Waals surface area contributed by atoms with E-state index in [0.717, 1.165) is 12.8 Å². The molecule has 0 unspecified atom stereocenters. The average molecular weight is 179 g/mol. The fourth-order valence-electron chi connectivity index (χ4n) is 0.620. The first-order valence-electron chi connectivity index (χ1n) is 2.65. The highest BCUT2D eigenvalue weighted by molar-refractivity contribution is 9.18. The van der Waals surface area contributed by atoms with Crippen LogP contribution in [-0.4, -0.2) is 11.0 Å². The molecule has 1 aliphatic carbocycles. The molecule has 1 aliphatic rings. The lowest BCUT2D eigenvalue weighted by Crippen LogP contribution is -2.22. The Morgan fingerprint density at radius 3 is 2.38 bits per heavy atom. The first-order valence-corrected chi connectivity index (χ1v) is 3.44. The number of carbonyl (C=O) groups excluding carboxylic acids is 1. The monoisotopic (exact) mass is 178 g/mol. The molecule has 0 radical (unpaired) electrons. The fraction of sp³-hybridized carbons (Fsp3) is 0.800. The predicted molar refractivity (Wildman–Crippen MR) is 33.0 cm³/mol. The maximum Gasteiger partial charge on any atom is 0.374 e. The first-order chi connectivity index (χ1) is 3.79. The van der Waals surface area contributed by atoms with E-state index in [1.54, 1.807) is 0 Å². The topological polar surface area (TPSA) is 26.3 Å². The van der Waals surface area contributed by atoms with Gasteiger partial charge in [-0.2, -0.15) is 0 Å². The molecule has 0 heterocycles. The second kappa shape index (κ2) is 2.49. The summed E-state index contributed by atoms with van der Waals surface area (Å²) in [6.07, 6.45) is 3.49. The van der Waals surface area contributed by atoms with Crippen LogP contribution in [0.4, 0.5) is 4.79 Å². The van der Waals surface area contributed by atoms with Gasteiger partial charge in [-0.3, -0.25) is 0 Å². The van der Waals surface area contributed by atoms with E-state index in [0.29, 0.717) is 0 Å². The minimum Gasteiger partial charge on any atom is -0.454 e. The highest BCUT2D eigenvalue weighted by Gasteiger charge is 2.19. The van der Waals surface area contributed by atoms with Crippen LogP contribution in [0.2, 0.25) is 0 Å².